The molecule has 0 saturated carbocycles. The van der Waals surface area contributed by atoms with Crippen LogP contribution in [0.1, 0.15) is 16.7 Å². The fraction of sp³-hybridized carbons (Fsp3) is 0.292. The second-order valence-electron chi connectivity index (χ2n) is 8.46. The lowest BCUT2D eigenvalue weighted by Gasteiger charge is -2.35. The van der Waals surface area contributed by atoms with Crippen molar-refractivity contribution in [3.05, 3.63) is 69.2 Å². The summed E-state index contributed by atoms with van der Waals surface area (Å²) in [5.74, 6) is -0.344. The van der Waals surface area contributed by atoms with Crippen molar-refractivity contribution in [1.29, 1.82) is 0 Å². The maximum atomic E-state index is 13.5. The van der Waals surface area contributed by atoms with E-state index in [-0.39, 0.29) is 35.7 Å². The van der Waals surface area contributed by atoms with Crippen molar-refractivity contribution in [2.45, 2.75) is 18.8 Å². The molecule has 5 rings (SSSR count). The smallest absolute Gasteiger partial charge is 0.394 e. The summed E-state index contributed by atoms with van der Waals surface area (Å²) in [5, 5.41) is 18.4. The molecule has 0 radical (unpaired) electrons. The lowest BCUT2D eigenvalue weighted by atomic mass is 10.1. The van der Waals surface area contributed by atoms with Gasteiger partial charge in [0.15, 0.2) is 5.17 Å². The highest BCUT2D eigenvalue weighted by molar-refractivity contribution is 8.18. The van der Waals surface area contributed by atoms with E-state index >= 15 is 0 Å². The number of nitrogens with zero attached hydrogens (tertiary/aromatic N) is 4. The van der Waals surface area contributed by atoms with Crippen LogP contribution in [0.2, 0.25) is 5.02 Å². The summed E-state index contributed by atoms with van der Waals surface area (Å²) in [4.78, 5) is 19.1. The lowest BCUT2D eigenvalue weighted by Crippen LogP contribution is -2.54. The Hall–Kier alpha value is -2.86. The van der Waals surface area contributed by atoms with E-state index in [0.29, 0.717) is 28.7 Å². The van der Waals surface area contributed by atoms with Gasteiger partial charge >= 0.3 is 6.18 Å². The number of rotatable bonds is 4. The average molecular weight is 536 g/mol. The molecule has 0 aliphatic carbocycles. The fourth-order valence-corrected chi connectivity index (χ4v) is 5.46. The van der Waals surface area contributed by atoms with Gasteiger partial charge in [-0.3, -0.25) is 9.48 Å². The van der Waals surface area contributed by atoms with E-state index in [0.717, 1.165) is 23.6 Å². The van der Waals surface area contributed by atoms with Gasteiger partial charge < -0.3 is 15.3 Å². The highest BCUT2D eigenvalue weighted by Crippen LogP contribution is 2.35. The van der Waals surface area contributed by atoms with Crippen LogP contribution in [0.5, 0.6) is 0 Å². The standard InChI is InChI=1S/C24H21ClF3N5O2S/c25-17-3-2-15(19(9-17)24(26,27)28)12-33-20-4-1-14(7-16(20)10-30-33)8-21-22(35)31-23(36-21)32-6-5-29-11-18(32)13-34/h1-4,7-10,18,29,34H,5-6,11-13H2/b21-8-. The zero-order chi connectivity index (χ0) is 25.4. The first kappa shape index (κ1) is 24.8. The summed E-state index contributed by atoms with van der Waals surface area (Å²) in [5.41, 5.74) is 0.681. The number of amides is 1. The van der Waals surface area contributed by atoms with Gasteiger partial charge in [-0.2, -0.15) is 23.3 Å². The van der Waals surface area contributed by atoms with E-state index in [1.54, 1.807) is 24.4 Å². The number of carbonyl (C=O) groups excluding carboxylic acids is 1. The van der Waals surface area contributed by atoms with Crippen molar-refractivity contribution in [3.63, 3.8) is 0 Å². The maximum absolute atomic E-state index is 13.5. The lowest BCUT2D eigenvalue weighted by molar-refractivity contribution is -0.138. The van der Waals surface area contributed by atoms with Gasteiger partial charge in [-0.25, -0.2) is 0 Å². The van der Waals surface area contributed by atoms with E-state index in [2.05, 4.69) is 15.4 Å². The van der Waals surface area contributed by atoms with E-state index in [4.69, 9.17) is 11.6 Å². The molecule has 0 spiro atoms. The van der Waals surface area contributed by atoms with Gasteiger partial charge in [0.2, 0.25) is 0 Å². The molecule has 36 heavy (non-hydrogen) atoms. The minimum Gasteiger partial charge on any atom is -0.394 e. The van der Waals surface area contributed by atoms with Crippen molar-refractivity contribution in [2.75, 3.05) is 26.2 Å². The molecule has 1 unspecified atom stereocenters. The Labute approximate surface area is 213 Å². The van der Waals surface area contributed by atoms with Gasteiger partial charge in [-0.05, 0) is 53.2 Å². The Morgan fingerprint density at radius 2 is 2.08 bits per heavy atom. The van der Waals surface area contributed by atoms with Crippen molar-refractivity contribution in [3.8, 4) is 0 Å². The number of halogens is 4. The number of nitrogens with one attached hydrogen (secondary N) is 1. The Bertz CT molecular complexity index is 1390. The zero-order valence-corrected chi connectivity index (χ0v) is 20.4. The van der Waals surface area contributed by atoms with Crippen molar-refractivity contribution in [2.24, 2.45) is 4.99 Å². The number of carbonyl (C=O) groups is 1. The highest BCUT2D eigenvalue weighted by Gasteiger charge is 2.34. The zero-order valence-electron chi connectivity index (χ0n) is 18.8. The largest absolute Gasteiger partial charge is 0.416 e. The van der Waals surface area contributed by atoms with E-state index in [1.165, 1.54) is 28.6 Å². The first-order chi connectivity index (χ1) is 17.2. The topological polar surface area (TPSA) is 82.8 Å². The molecule has 2 aromatic carbocycles. The van der Waals surface area contributed by atoms with E-state index < -0.39 is 11.7 Å². The normalized spacial score (nSPS) is 20.0. The number of aromatic nitrogens is 2. The first-order valence-corrected chi connectivity index (χ1v) is 12.3. The van der Waals surface area contributed by atoms with Crippen molar-refractivity contribution >= 4 is 51.4 Å². The molecule has 7 nitrogen and oxygen atoms in total. The summed E-state index contributed by atoms with van der Waals surface area (Å²) in [7, 11) is 0. The quantitative estimate of drug-likeness (QED) is 0.492. The third-order valence-corrected chi connectivity index (χ3v) is 7.33. The van der Waals surface area contributed by atoms with Gasteiger partial charge in [0.05, 0.1) is 41.4 Å². The molecule has 2 N–H and O–H groups in total. The van der Waals surface area contributed by atoms with Crippen molar-refractivity contribution in [1.82, 2.24) is 20.0 Å². The molecule has 1 atom stereocenters. The Kier molecular flexibility index (Phi) is 6.82. The number of thioether (sulfide) groups is 1. The fourth-order valence-electron chi connectivity index (χ4n) is 4.28. The molecule has 0 bridgehead atoms. The molecule has 3 aromatic rings. The Balaban J connectivity index is 1.37. The third kappa shape index (κ3) is 5.01. The molecule has 1 fully saturated rings. The molecule has 188 valence electrons. The minimum atomic E-state index is -4.53. The molecule has 2 aliphatic rings. The number of benzene rings is 2. The van der Waals surface area contributed by atoms with Crippen LogP contribution >= 0.6 is 23.4 Å². The Morgan fingerprint density at radius 1 is 1.25 bits per heavy atom. The second kappa shape index (κ2) is 9.89. The number of hydrogen-bond acceptors (Lipinski definition) is 6. The number of aliphatic hydroxyl groups excluding tert-OH is 1. The van der Waals surface area contributed by atoms with E-state index in [1.807, 2.05) is 11.0 Å². The summed E-state index contributed by atoms with van der Waals surface area (Å²) in [6, 6.07) is 8.94. The predicted octanol–water partition coefficient (Wildman–Crippen LogP) is 3.99. The molecule has 1 saturated heterocycles. The molecule has 3 heterocycles. The predicted molar refractivity (Wildman–Crippen MR) is 134 cm³/mol. The number of piperazine rings is 1. The van der Waals surface area contributed by atoms with Crippen LogP contribution < -0.4 is 5.32 Å². The van der Waals surface area contributed by atoms with Crippen LogP contribution in [0.4, 0.5) is 13.2 Å². The summed E-state index contributed by atoms with van der Waals surface area (Å²) in [6.45, 7) is 1.89. The number of hydrogen-bond donors (Lipinski definition) is 2. The minimum absolute atomic E-state index is 0.0179. The van der Waals surface area contributed by atoms with Crippen molar-refractivity contribution < 1.29 is 23.1 Å². The number of fused-ring (bicyclic) bond motifs is 1. The van der Waals surface area contributed by atoms with Gasteiger partial charge in [-0.15, -0.1) is 0 Å². The average Bonchev–Trinajstić information content (AvgIpc) is 3.42. The molecule has 12 heteroatoms. The summed E-state index contributed by atoms with van der Waals surface area (Å²) >= 11 is 7.05. The first-order valence-electron chi connectivity index (χ1n) is 11.1. The number of aliphatic hydroxyl groups is 1. The number of amidine groups is 1. The van der Waals surface area contributed by atoms with Crippen LogP contribution in [0.25, 0.3) is 17.0 Å². The monoisotopic (exact) mass is 535 g/mol. The van der Waals surface area contributed by atoms with E-state index in [9.17, 15) is 23.1 Å². The molecule has 2 aliphatic heterocycles. The number of aliphatic imine (C=N–C) groups is 1. The van der Waals surface area contributed by atoms with Gasteiger partial charge in [0.25, 0.3) is 5.91 Å². The summed E-state index contributed by atoms with van der Waals surface area (Å²) in [6.07, 6.45) is -1.22. The van der Waals surface area contributed by atoms with Crippen LogP contribution in [0.15, 0.2) is 52.5 Å². The molecular formula is C24H21ClF3N5O2S. The third-order valence-electron chi connectivity index (χ3n) is 6.08. The second-order valence-corrected chi connectivity index (χ2v) is 9.91. The van der Waals surface area contributed by atoms with Crippen LogP contribution in [-0.2, 0) is 17.5 Å². The Morgan fingerprint density at radius 3 is 2.86 bits per heavy atom. The van der Waals surface area contributed by atoms with Gasteiger partial charge in [0, 0.05) is 30.0 Å². The van der Waals surface area contributed by atoms with Crippen LogP contribution in [-0.4, -0.2) is 63.1 Å². The number of alkyl halides is 3. The van der Waals surface area contributed by atoms with Gasteiger partial charge in [-0.1, -0.05) is 23.7 Å². The molecular weight excluding hydrogens is 515 g/mol. The van der Waals surface area contributed by atoms with Crippen LogP contribution in [0.3, 0.4) is 0 Å². The molecule has 1 aromatic heterocycles. The van der Waals surface area contributed by atoms with Gasteiger partial charge in [0.1, 0.15) is 0 Å². The van der Waals surface area contributed by atoms with Crippen LogP contribution in [0, 0.1) is 0 Å². The maximum Gasteiger partial charge on any atom is 0.416 e. The molecule has 1 amide bonds. The SMILES string of the molecule is O=C1N=C(N2CCNCC2CO)S/C1=C\c1ccc2c(cnn2Cc2ccc(Cl)cc2C(F)(F)F)c1. The highest BCUT2D eigenvalue weighted by atomic mass is 35.5. The summed E-state index contributed by atoms with van der Waals surface area (Å²) < 4.78 is 42.0.